The van der Waals surface area contributed by atoms with E-state index in [1.165, 1.54) is 12.3 Å². The molecule has 0 atom stereocenters. The molecule has 2 aromatic heterocycles. The Labute approximate surface area is 166 Å². The predicted octanol–water partition coefficient (Wildman–Crippen LogP) is 3.49. The quantitative estimate of drug-likeness (QED) is 0.358. The Hall–Kier alpha value is -1.98. The third-order valence-corrected chi connectivity index (χ3v) is 2.96. The molecule has 0 unspecified atom stereocenters. The standard InChI is InChI=1S/C16H19F3N4O2.HI/c1-2-20-15(23-10-13-4-3-7-24-13)22-9-12-5-6-14(21-8-12)25-11-16(17,18)19;/h3-8H,2,9-11H2,1H3,(H2,20,22,23);1H. The maximum atomic E-state index is 12.1. The van der Waals surface area contributed by atoms with E-state index < -0.39 is 12.8 Å². The monoisotopic (exact) mass is 484 g/mol. The maximum absolute atomic E-state index is 12.1. The summed E-state index contributed by atoms with van der Waals surface area (Å²) < 4.78 is 46.1. The average Bonchev–Trinajstić information content (AvgIpc) is 3.09. The first-order chi connectivity index (χ1) is 12.0. The summed E-state index contributed by atoms with van der Waals surface area (Å²) in [4.78, 5) is 8.24. The molecule has 0 saturated heterocycles. The van der Waals surface area contributed by atoms with Gasteiger partial charge in [-0.3, -0.25) is 0 Å². The van der Waals surface area contributed by atoms with Crippen molar-refractivity contribution in [3.63, 3.8) is 0 Å². The van der Waals surface area contributed by atoms with E-state index >= 15 is 0 Å². The molecule has 6 nitrogen and oxygen atoms in total. The van der Waals surface area contributed by atoms with Gasteiger partial charge in [0.1, 0.15) is 5.76 Å². The summed E-state index contributed by atoms with van der Waals surface area (Å²) in [6, 6.07) is 6.66. The third-order valence-electron chi connectivity index (χ3n) is 2.96. The molecule has 26 heavy (non-hydrogen) atoms. The number of pyridine rings is 1. The Morgan fingerprint density at radius 2 is 2.08 bits per heavy atom. The van der Waals surface area contributed by atoms with Gasteiger partial charge in [0.15, 0.2) is 12.6 Å². The number of alkyl halides is 3. The summed E-state index contributed by atoms with van der Waals surface area (Å²) >= 11 is 0. The highest BCUT2D eigenvalue weighted by Crippen LogP contribution is 2.17. The zero-order valence-electron chi connectivity index (χ0n) is 14.0. The molecule has 0 spiro atoms. The van der Waals surface area contributed by atoms with Crippen LogP contribution in [0.4, 0.5) is 13.2 Å². The molecule has 2 heterocycles. The van der Waals surface area contributed by atoms with E-state index in [0.29, 0.717) is 25.6 Å². The SMILES string of the molecule is CCNC(=NCc1ccc(OCC(F)(F)F)nc1)NCc1ccco1.I. The lowest BCUT2D eigenvalue weighted by Gasteiger charge is -2.10. The first-order valence-corrected chi connectivity index (χ1v) is 7.65. The van der Waals surface area contributed by atoms with Crippen LogP contribution in [0.25, 0.3) is 0 Å². The molecule has 0 bridgehead atoms. The highest BCUT2D eigenvalue weighted by Gasteiger charge is 2.28. The second-order valence-corrected chi connectivity index (χ2v) is 5.04. The summed E-state index contributed by atoms with van der Waals surface area (Å²) in [7, 11) is 0. The zero-order chi connectivity index (χ0) is 18.1. The van der Waals surface area contributed by atoms with Crippen molar-refractivity contribution >= 4 is 29.9 Å². The molecule has 0 aromatic carbocycles. The van der Waals surface area contributed by atoms with E-state index in [-0.39, 0.29) is 29.9 Å². The van der Waals surface area contributed by atoms with Crippen LogP contribution in [0.3, 0.4) is 0 Å². The Kier molecular flexibility index (Phi) is 9.24. The van der Waals surface area contributed by atoms with Crippen LogP contribution in [0.5, 0.6) is 5.88 Å². The number of nitrogens with one attached hydrogen (secondary N) is 2. The number of aliphatic imine (C=N–C) groups is 1. The van der Waals surface area contributed by atoms with Crippen LogP contribution in [-0.2, 0) is 13.1 Å². The van der Waals surface area contributed by atoms with Gasteiger partial charge in [0.2, 0.25) is 5.88 Å². The predicted molar refractivity (Wildman–Crippen MR) is 102 cm³/mol. The van der Waals surface area contributed by atoms with Crippen molar-refractivity contribution in [2.75, 3.05) is 13.2 Å². The van der Waals surface area contributed by atoms with E-state index in [1.54, 1.807) is 18.4 Å². The zero-order valence-corrected chi connectivity index (χ0v) is 16.4. The molecular formula is C16H20F3IN4O2. The van der Waals surface area contributed by atoms with Gasteiger partial charge >= 0.3 is 6.18 Å². The van der Waals surface area contributed by atoms with Gasteiger partial charge in [-0.2, -0.15) is 13.2 Å². The fourth-order valence-electron chi connectivity index (χ4n) is 1.84. The number of guanidine groups is 1. The van der Waals surface area contributed by atoms with Crippen LogP contribution in [0.2, 0.25) is 0 Å². The van der Waals surface area contributed by atoms with E-state index in [0.717, 1.165) is 11.3 Å². The van der Waals surface area contributed by atoms with E-state index in [1.807, 2.05) is 13.0 Å². The minimum Gasteiger partial charge on any atom is -0.468 e. The first kappa shape index (κ1) is 22.1. The second-order valence-electron chi connectivity index (χ2n) is 5.04. The van der Waals surface area contributed by atoms with Gasteiger partial charge in [-0.1, -0.05) is 6.07 Å². The molecular weight excluding hydrogens is 464 g/mol. The smallest absolute Gasteiger partial charge is 0.422 e. The van der Waals surface area contributed by atoms with E-state index in [9.17, 15) is 13.2 Å². The molecule has 0 saturated carbocycles. The van der Waals surface area contributed by atoms with Crippen molar-refractivity contribution in [2.24, 2.45) is 4.99 Å². The van der Waals surface area contributed by atoms with Gasteiger partial charge in [0.05, 0.1) is 19.4 Å². The average molecular weight is 484 g/mol. The van der Waals surface area contributed by atoms with Gasteiger partial charge in [0.25, 0.3) is 0 Å². The van der Waals surface area contributed by atoms with E-state index in [4.69, 9.17) is 4.42 Å². The fourth-order valence-corrected chi connectivity index (χ4v) is 1.84. The number of rotatable bonds is 7. The number of aromatic nitrogens is 1. The van der Waals surface area contributed by atoms with Crippen LogP contribution in [0, 0.1) is 0 Å². The van der Waals surface area contributed by atoms with Crippen molar-refractivity contribution in [1.29, 1.82) is 0 Å². The summed E-state index contributed by atoms with van der Waals surface area (Å²) in [5, 5.41) is 6.21. The lowest BCUT2D eigenvalue weighted by Crippen LogP contribution is -2.36. The van der Waals surface area contributed by atoms with Gasteiger partial charge in [0, 0.05) is 18.8 Å². The minimum atomic E-state index is -4.38. The highest BCUT2D eigenvalue weighted by molar-refractivity contribution is 14.0. The minimum absolute atomic E-state index is 0. The van der Waals surface area contributed by atoms with Crippen molar-refractivity contribution in [3.05, 3.63) is 48.0 Å². The largest absolute Gasteiger partial charge is 0.468 e. The number of hydrogen-bond acceptors (Lipinski definition) is 4. The van der Waals surface area contributed by atoms with Crippen molar-refractivity contribution in [1.82, 2.24) is 15.6 Å². The first-order valence-electron chi connectivity index (χ1n) is 7.65. The van der Waals surface area contributed by atoms with Crippen LogP contribution < -0.4 is 15.4 Å². The molecule has 0 radical (unpaired) electrons. The number of hydrogen-bond donors (Lipinski definition) is 2. The van der Waals surface area contributed by atoms with E-state index in [2.05, 4.69) is 25.3 Å². The van der Waals surface area contributed by atoms with Crippen molar-refractivity contribution in [2.45, 2.75) is 26.2 Å². The highest BCUT2D eigenvalue weighted by atomic mass is 127. The Bertz CT molecular complexity index is 661. The molecule has 0 amide bonds. The molecule has 10 heteroatoms. The Morgan fingerprint density at radius 1 is 1.27 bits per heavy atom. The Balaban J connectivity index is 0.00000338. The number of nitrogens with zero attached hydrogens (tertiary/aromatic N) is 2. The number of halogens is 4. The van der Waals surface area contributed by atoms with Crippen LogP contribution in [-0.4, -0.2) is 30.3 Å². The van der Waals surface area contributed by atoms with Crippen LogP contribution in [0.15, 0.2) is 46.1 Å². The summed E-state index contributed by atoms with van der Waals surface area (Å²) in [6.07, 6.45) is -1.36. The molecule has 2 rings (SSSR count). The summed E-state index contributed by atoms with van der Waals surface area (Å²) in [5.74, 6) is 1.29. The summed E-state index contributed by atoms with van der Waals surface area (Å²) in [6.45, 7) is 2.07. The van der Waals surface area contributed by atoms with Gasteiger partial charge < -0.3 is 19.8 Å². The lowest BCUT2D eigenvalue weighted by molar-refractivity contribution is -0.154. The molecule has 144 valence electrons. The Morgan fingerprint density at radius 3 is 2.65 bits per heavy atom. The molecule has 0 fully saturated rings. The number of ether oxygens (including phenoxy) is 1. The molecule has 0 aliphatic rings. The molecule has 2 N–H and O–H groups in total. The summed E-state index contributed by atoms with van der Waals surface area (Å²) in [5.41, 5.74) is 0.745. The van der Waals surface area contributed by atoms with Crippen LogP contribution in [0.1, 0.15) is 18.2 Å². The second kappa shape index (κ2) is 10.9. The normalized spacial score (nSPS) is 11.6. The topological polar surface area (TPSA) is 71.7 Å². The third kappa shape index (κ3) is 8.41. The van der Waals surface area contributed by atoms with Gasteiger partial charge in [-0.15, -0.1) is 24.0 Å². The lowest BCUT2D eigenvalue weighted by atomic mass is 10.3. The number of furan rings is 1. The molecule has 0 aliphatic heterocycles. The van der Waals surface area contributed by atoms with Gasteiger partial charge in [-0.25, -0.2) is 9.98 Å². The molecule has 2 aromatic rings. The molecule has 0 aliphatic carbocycles. The van der Waals surface area contributed by atoms with Crippen molar-refractivity contribution in [3.8, 4) is 5.88 Å². The van der Waals surface area contributed by atoms with Crippen molar-refractivity contribution < 1.29 is 22.3 Å². The van der Waals surface area contributed by atoms with Crippen LogP contribution >= 0.6 is 24.0 Å². The fraction of sp³-hybridized carbons (Fsp3) is 0.375. The maximum Gasteiger partial charge on any atom is 0.422 e. The van der Waals surface area contributed by atoms with Gasteiger partial charge in [-0.05, 0) is 24.6 Å².